The molecule has 0 aliphatic carbocycles. The van der Waals surface area contributed by atoms with Crippen LogP contribution in [0.4, 0.5) is 5.69 Å². The summed E-state index contributed by atoms with van der Waals surface area (Å²) < 4.78 is 10.9. The third-order valence-corrected chi connectivity index (χ3v) is 3.07. The number of carbonyl (C=O) groups is 1. The minimum absolute atomic E-state index is 0.329. The summed E-state index contributed by atoms with van der Waals surface area (Å²) >= 11 is 3.41. The monoisotopic (exact) mass is 324 g/mol. The van der Waals surface area contributed by atoms with E-state index in [4.69, 9.17) is 9.15 Å². The van der Waals surface area contributed by atoms with Crippen molar-refractivity contribution in [2.75, 3.05) is 11.9 Å². The number of hydrogen-bond donors (Lipinski definition) is 1. The van der Waals surface area contributed by atoms with Gasteiger partial charge in [0, 0.05) is 10.2 Å². The van der Waals surface area contributed by atoms with E-state index < -0.39 is 0 Å². The van der Waals surface area contributed by atoms with Crippen molar-refractivity contribution in [2.45, 2.75) is 13.5 Å². The van der Waals surface area contributed by atoms with Crippen LogP contribution >= 0.6 is 15.9 Å². The summed E-state index contributed by atoms with van der Waals surface area (Å²) in [4.78, 5) is 15.4. The zero-order valence-corrected chi connectivity index (χ0v) is 11.9. The number of benzene rings is 1. The molecule has 0 unspecified atom stereocenters. The highest BCUT2D eigenvalue weighted by atomic mass is 79.9. The Morgan fingerprint density at radius 1 is 1.53 bits per heavy atom. The Morgan fingerprint density at radius 3 is 3.00 bits per heavy atom. The molecule has 0 atom stereocenters. The standard InChI is InChI=1S/C13H13BrN2O3/c1-2-18-13(17)9-3-4-12(11(14)5-9)16-7-10-6-15-8-19-10/h3-6,8,16H,2,7H2,1H3. The Morgan fingerprint density at radius 2 is 2.37 bits per heavy atom. The highest BCUT2D eigenvalue weighted by molar-refractivity contribution is 9.10. The number of rotatable bonds is 5. The van der Waals surface area contributed by atoms with E-state index in [0.717, 1.165) is 15.9 Å². The molecule has 0 radical (unpaired) electrons. The molecule has 5 nitrogen and oxygen atoms in total. The number of ether oxygens (including phenoxy) is 1. The van der Waals surface area contributed by atoms with E-state index in [2.05, 4.69) is 26.2 Å². The number of anilines is 1. The SMILES string of the molecule is CCOC(=O)c1ccc(NCc2cnco2)c(Br)c1. The molecule has 1 aromatic carbocycles. The van der Waals surface area contributed by atoms with Crippen molar-refractivity contribution in [2.24, 2.45) is 0 Å². The van der Waals surface area contributed by atoms with E-state index in [-0.39, 0.29) is 5.97 Å². The van der Waals surface area contributed by atoms with Gasteiger partial charge in [-0.1, -0.05) is 0 Å². The first-order chi connectivity index (χ1) is 9.20. The van der Waals surface area contributed by atoms with Gasteiger partial charge in [0.25, 0.3) is 0 Å². The van der Waals surface area contributed by atoms with Gasteiger partial charge in [-0.3, -0.25) is 0 Å². The number of nitrogens with zero attached hydrogens (tertiary/aromatic N) is 1. The smallest absolute Gasteiger partial charge is 0.338 e. The number of aromatic nitrogens is 1. The predicted molar refractivity (Wildman–Crippen MR) is 73.9 cm³/mol. The molecule has 0 bridgehead atoms. The lowest BCUT2D eigenvalue weighted by Gasteiger charge is -2.08. The average Bonchev–Trinajstić information content (AvgIpc) is 2.90. The van der Waals surface area contributed by atoms with Gasteiger partial charge in [0.2, 0.25) is 0 Å². The number of esters is 1. The van der Waals surface area contributed by atoms with Crippen molar-refractivity contribution in [3.63, 3.8) is 0 Å². The summed E-state index contributed by atoms with van der Waals surface area (Å²) in [6, 6.07) is 5.25. The second kappa shape index (κ2) is 6.38. The number of carbonyl (C=O) groups excluding carboxylic acids is 1. The summed E-state index contributed by atoms with van der Waals surface area (Å²) in [7, 11) is 0. The van der Waals surface area contributed by atoms with Crippen LogP contribution in [0.25, 0.3) is 0 Å². The van der Waals surface area contributed by atoms with E-state index in [1.165, 1.54) is 6.39 Å². The number of oxazole rings is 1. The van der Waals surface area contributed by atoms with Crippen molar-refractivity contribution in [3.8, 4) is 0 Å². The van der Waals surface area contributed by atoms with Crippen LogP contribution in [0.3, 0.4) is 0 Å². The van der Waals surface area contributed by atoms with E-state index in [1.807, 2.05) is 6.07 Å². The van der Waals surface area contributed by atoms with Crippen LogP contribution in [0.5, 0.6) is 0 Å². The molecule has 2 aromatic rings. The van der Waals surface area contributed by atoms with E-state index in [1.54, 1.807) is 25.3 Å². The van der Waals surface area contributed by atoms with Crippen LogP contribution in [0.1, 0.15) is 23.0 Å². The molecule has 0 spiro atoms. The molecule has 0 saturated heterocycles. The van der Waals surface area contributed by atoms with Gasteiger partial charge in [-0.15, -0.1) is 0 Å². The maximum absolute atomic E-state index is 11.6. The van der Waals surface area contributed by atoms with Crippen LogP contribution in [0.2, 0.25) is 0 Å². The molecular weight excluding hydrogens is 312 g/mol. The molecule has 2 rings (SSSR count). The summed E-state index contributed by atoms with van der Waals surface area (Å²) in [5, 5.41) is 3.18. The highest BCUT2D eigenvalue weighted by Gasteiger charge is 2.09. The minimum Gasteiger partial charge on any atom is -0.462 e. The van der Waals surface area contributed by atoms with Crippen molar-refractivity contribution < 1.29 is 13.9 Å². The average molecular weight is 325 g/mol. The largest absolute Gasteiger partial charge is 0.462 e. The topological polar surface area (TPSA) is 64.4 Å². The molecule has 0 aliphatic heterocycles. The first-order valence-electron chi connectivity index (χ1n) is 5.78. The van der Waals surface area contributed by atoms with Gasteiger partial charge in [0.05, 0.1) is 24.9 Å². The number of halogens is 1. The second-order valence-corrected chi connectivity index (χ2v) is 4.59. The van der Waals surface area contributed by atoms with Crippen LogP contribution in [-0.4, -0.2) is 17.6 Å². The van der Waals surface area contributed by atoms with Crippen molar-refractivity contribution in [1.29, 1.82) is 0 Å². The van der Waals surface area contributed by atoms with Gasteiger partial charge in [-0.05, 0) is 41.1 Å². The van der Waals surface area contributed by atoms with E-state index in [0.29, 0.717) is 18.7 Å². The van der Waals surface area contributed by atoms with Gasteiger partial charge in [0.1, 0.15) is 5.76 Å². The fourth-order valence-corrected chi connectivity index (χ4v) is 2.03. The maximum Gasteiger partial charge on any atom is 0.338 e. The zero-order chi connectivity index (χ0) is 13.7. The normalized spacial score (nSPS) is 10.2. The third-order valence-electron chi connectivity index (χ3n) is 2.42. The first-order valence-corrected chi connectivity index (χ1v) is 6.58. The summed E-state index contributed by atoms with van der Waals surface area (Å²) in [5.74, 6) is 0.409. The molecule has 0 amide bonds. The Bertz CT molecular complexity index is 555. The minimum atomic E-state index is -0.329. The van der Waals surface area contributed by atoms with Gasteiger partial charge in [-0.2, -0.15) is 0 Å². The number of hydrogen-bond acceptors (Lipinski definition) is 5. The number of nitrogens with one attached hydrogen (secondary N) is 1. The quantitative estimate of drug-likeness (QED) is 0.855. The Labute approximate surface area is 119 Å². The maximum atomic E-state index is 11.6. The summed E-state index contributed by atoms with van der Waals surface area (Å²) in [6.45, 7) is 2.67. The van der Waals surface area contributed by atoms with Crippen LogP contribution in [0.15, 0.2) is 39.7 Å². The Kier molecular flexibility index (Phi) is 4.57. The molecular formula is C13H13BrN2O3. The van der Waals surface area contributed by atoms with Crippen molar-refractivity contribution >= 4 is 27.6 Å². The van der Waals surface area contributed by atoms with Gasteiger partial charge in [0.15, 0.2) is 6.39 Å². The highest BCUT2D eigenvalue weighted by Crippen LogP contribution is 2.24. The van der Waals surface area contributed by atoms with Gasteiger partial charge < -0.3 is 14.5 Å². The van der Waals surface area contributed by atoms with Crippen LogP contribution in [-0.2, 0) is 11.3 Å². The lowest BCUT2D eigenvalue weighted by molar-refractivity contribution is 0.0526. The summed E-state index contributed by atoms with van der Waals surface area (Å²) in [5.41, 5.74) is 1.38. The fourth-order valence-electron chi connectivity index (χ4n) is 1.51. The van der Waals surface area contributed by atoms with Crippen LogP contribution < -0.4 is 5.32 Å². The lowest BCUT2D eigenvalue weighted by Crippen LogP contribution is -2.05. The molecule has 0 saturated carbocycles. The molecule has 100 valence electrons. The summed E-state index contributed by atoms with van der Waals surface area (Å²) in [6.07, 6.45) is 3.03. The van der Waals surface area contributed by atoms with Gasteiger partial charge >= 0.3 is 5.97 Å². The Hall–Kier alpha value is -1.82. The lowest BCUT2D eigenvalue weighted by atomic mass is 10.2. The zero-order valence-electron chi connectivity index (χ0n) is 10.4. The first kappa shape index (κ1) is 13.6. The van der Waals surface area contributed by atoms with Gasteiger partial charge in [-0.25, -0.2) is 9.78 Å². The molecule has 19 heavy (non-hydrogen) atoms. The molecule has 0 fully saturated rings. The van der Waals surface area contributed by atoms with Crippen molar-refractivity contribution in [3.05, 3.63) is 46.6 Å². The predicted octanol–water partition coefficient (Wildman–Crippen LogP) is 3.23. The van der Waals surface area contributed by atoms with E-state index in [9.17, 15) is 4.79 Å². The second-order valence-electron chi connectivity index (χ2n) is 3.74. The van der Waals surface area contributed by atoms with Crippen molar-refractivity contribution in [1.82, 2.24) is 4.98 Å². The van der Waals surface area contributed by atoms with E-state index >= 15 is 0 Å². The molecule has 1 heterocycles. The third kappa shape index (κ3) is 3.57. The molecule has 6 heteroatoms. The van der Waals surface area contributed by atoms with Crippen LogP contribution in [0, 0.1) is 0 Å². The molecule has 1 N–H and O–H groups in total. The molecule has 0 aliphatic rings. The molecule has 1 aromatic heterocycles. The Balaban J connectivity index is 2.04. The fraction of sp³-hybridized carbons (Fsp3) is 0.231.